The molecule has 2 aliphatic heterocycles. The Morgan fingerprint density at radius 2 is 1.70 bits per heavy atom. The number of nitrogens with zero attached hydrogens (tertiary/aromatic N) is 1. The van der Waals surface area contributed by atoms with Crippen LogP contribution in [0.5, 0.6) is 5.75 Å². The summed E-state index contributed by atoms with van der Waals surface area (Å²) in [6.07, 6.45) is -0.232. The number of halogens is 2. The van der Waals surface area contributed by atoms with Crippen molar-refractivity contribution in [2.75, 3.05) is 46.6 Å². The second-order valence-corrected chi connectivity index (χ2v) is 11.9. The maximum absolute atomic E-state index is 13.9. The summed E-state index contributed by atoms with van der Waals surface area (Å²) >= 11 is 0. The Balaban J connectivity index is 1.45. The van der Waals surface area contributed by atoms with Crippen LogP contribution in [0.25, 0.3) is 0 Å². The van der Waals surface area contributed by atoms with Gasteiger partial charge in [-0.3, -0.25) is 24.1 Å². The van der Waals surface area contributed by atoms with Crippen LogP contribution in [0.15, 0.2) is 24.3 Å². The summed E-state index contributed by atoms with van der Waals surface area (Å²) in [5.41, 5.74) is -0.367. The number of amides is 3. The summed E-state index contributed by atoms with van der Waals surface area (Å²) in [4.78, 5) is 54.6. The van der Waals surface area contributed by atoms with Gasteiger partial charge in [0, 0.05) is 32.4 Å². The fourth-order valence-electron chi connectivity index (χ4n) is 5.52. The lowest BCUT2D eigenvalue weighted by Crippen LogP contribution is -2.57. The van der Waals surface area contributed by atoms with E-state index in [2.05, 4.69) is 16.0 Å². The highest BCUT2D eigenvalue weighted by atomic mass is 19.3. The Labute approximate surface area is 250 Å². The molecule has 1 aromatic rings. The molecule has 4 rings (SSSR count). The fourth-order valence-corrected chi connectivity index (χ4v) is 5.52. The molecule has 2 saturated heterocycles. The second kappa shape index (κ2) is 14.1. The van der Waals surface area contributed by atoms with Crippen LogP contribution in [0, 0.1) is 5.92 Å². The zero-order chi connectivity index (χ0) is 31.2. The number of carbonyl (C=O) groups is 4. The van der Waals surface area contributed by atoms with E-state index in [1.165, 1.54) is 14.0 Å². The van der Waals surface area contributed by atoms with Crippen LogP contribution in [0.2, 0.25) is 0 Å². The van der Waals surface area contributed by atoms with Gasteiger partial charge in [0.25, 0.3) is 0 Å². The van der Waals surface area contributed by atoms with Crippen LogP contribution in [0.4, 0.5) is 8.78 Å². The van der Waals surface area contributed by atoms with Gasteiger partial charge in [0.2, 0.25) is 23.6 Å². The van der Waals surface area contributed by atoms with Crippen LogP contribution in [0.3, 0.4) is 0 Å². The number of methoxy groups -OCH3 is 1. The largest absolute Gasteiger partial charge is 0.497 e. The van der Waals surface area contributed by atoms with Gasteiger partial charge in [-0.2, -0.15) is 0 Å². The van der Waals surface area contributed by atoms with E-state index in [0.29, 0.717) is 37.6 Å². The third-order valence-electron chi connectivity index (χ3n) is 8.28. The molecule has 1 aromatic carbocycles. The number of epoxide rings is 1. The lowest BCUT2D eigenvalue weighted by Gasteiger charge is -2.27. The number of hydrogen-bond donors (Lipinski definition) is 3. The van der Waals surface area contributed by atoms with Gasteiger partial charge in [-0.15, -0.1) is 0 Å². The Hall–Kier alpha value is -3.16. The van der Waals surface area contributed by atoms with E-state index in [-0.39, 0.29) is 56.9 Å². The van der Waals surface area contributed by atoms with Crippen LogP contribution >= 0.6 is 0 Å². The van der Waals surface area contributed by atoms with Gasteiger partial charge in [-0.25, -0.2) is 8.78 Å². The van der Waals surface area contributed by atoms with Crippen molar-refractivity contribution in [1.82, 2.24) is 20.9 Å². The van der Waals surface area contributed by atoms with E-state index in [1.54, 1.807) is 31.2 Å². The first-order chi connectivity index (χ1) is 20.4. The van der Waals surface area contributed by atoms with Crippen molar-refractivity contribution in [3.05, 3.63) is 29.8 Å². The molecule has 2 heterocycles. The molecule has 0 radical (unpaired) electrons. The standard InChI is InChI=1S/C30H42F2N4O7/c1-19(33-25(37)17-36-10-12-42-13-11-36)27(39)35-24(14-20-4-6-22(41-3)7-5-20)28(40)34-23(26(38)29(2)18-43-29)15-21-8-9-30(31,32)16-21/h4-7,19,21,23-24H,8-18H2,1-3H3,(H,33,37)(H,34,40)(H,35,39)/t19-,21+,23-,24-,29+/m0/s1. The van der Waals surface area contributed by atoms with Gasteiger partial charge in [0.15, 0.2) is 5.78 Å². The fraction of sp³-hybridized carbons (Fsp3) is 0.667. The molecule has 1 aliphatic carbocycles. The van der Waals surface area contributed by atoms with Crippen molar-refractivity contribution in [1.29, 1.82) is 0 Å². The normalized spacial score (nSPS) is 25.2. The van der Waals surface area contributed by atoms with Crippen LogP contribution in [-0.4, -0.2) is 105 Å². The second-order valence-electron chi connectivity index (χ2n) is 11.9. The maximum Gasteiger partial charge on any atom is 0.248 e. The highest BCUT2D eigenvalue weighted by Crippen LogP contribution is 2.41. The molecular weight excluding hydrogens is 566 g/mol. The first-order valence-corrected chi connectivity index (χ1v) is 14.8. The summed E-state index contributed by atoms with van der Waals surface area (Å²) in [6, 6.07) is 3.82. The molecule has 11 nitrogen and oxygen atoms in total. The van der Waals surface area contributed by atoms with Gasteiger partial charge in [0.05, 0.1) is 39.5 Å². The van der Waals surface area contributed by atoms with E-state index in [1.807, 2.05) is 4.90 Å². The van der Waals surface area contributed by atoms with E-state index in [9.17, 15) is 28.0 Å². The number of alkyl halides is 2. The number of ether oxygens (including phenoxy) is 3. The molecule has 13 heteroatoms. The quantitative estimate of drug-likeness (QED) is 0.268. The van der Waals surface area contributed by atoms with E-state index < -0.39 is 47.4 Å². The molecule has 3 N–H and O–H groups in total. The first kappa shape index (κ1) is 32.7. The molecule has 5 atom stereocenters. The maximum atomic E-state index is 13.9. The number of hydrogen-bond acceptors (Lipinski definition) is 8. The zero-order valence-electron chi connectivity index (χ0n) is 25.0. The van der Waals surface area contributed by atoms with Crippen molar-refractivity contribution >= 4 is 23.5 Å². The van der Waals surface area contributed by atoms with Crippen molar-refractivity contribution in [3.63, 3.8) is 0 Å². The van der Waals surface area contributed by atoms with Gasteiger partial charge in [-0.1, -0.05) is 12.1 Å². The highest BCUT2D eigenvalue weighted by Gasteiger charge is 2.51. The smallest absolute Gasteiger partial charge is 0.248 e. The van der Waals surface area contributed by atoms with Crippen LogP contribution in [0.1, 0.15) is 45.1 Å². The highest BCUT2D eigenvalue weighted by molar-refractivity contribution is 5.98. The third-order valence-corrected chi connectivity index (χ3v) is 8.28. The number of Topliss-reactive ketones (excluding diaryl/α,β-unsaturated/α-hetero) is 1. The van der Waals surface area contributed by atoms with Crippen LogP contribution < -0.4 is 20.7 Å². The average molecular weight is 609 g/mol. The van der Waals surface area contributed by atoms with Gasteiger partial charge >= 0.3 is 0 Å². The minimum absolute atomic E-state index is 0.0519. The third kappa shape index (κ3) is 9.41. The number of benzene rings is 1. The van der Waals surface area contributed by atoms with E-state index >= 15 is 0 Å². The zero-order valence-corrected chi connectivity index (χ0v) is 25.0. The number of rotatable bonds is 14. The lowest BCUT2D eigenvalue weighted by atomic mass is 9.90. The monoisotopic (exact) mass is 608 g/mol. The Morgan fingerprint density at radius 1 is 1.05 bits per heavy atom. The summed E-state index contributed by atoms with van der Waals surface area (Å²) < 4.78 is 43.7. The SMILES string of the molecule is COc1ccc(C[C@H](NC(=O)[C@H](C)NC(=O)CN2CCOCC2)C(=O)N[C@@H](C[C@H]2CCC(F)(F)C2)C(=O)[C@@]2(C)CO2)cc1. The summed E-state index contributed by atoms with van der Waals surface area (Å²) in [7, 11) is 1.53. The van der Waals surface area contributed by atoms with E-state index in [4.69, 9.17) is 14.2 Å². The molecule has 1 saturated carbocycles. The number of nitrogens with one attached hydrogen (secondary N) is 3. The Bertz CT molecular complexity index is 1160. The molecule has 3 aliphatic rings. The minimum Gasteiger partial charge on any atom is -0.497 e. The predicted molar refractivity (Wildman–Crippen MR) is 152 cm³/mol. The number of morpholine rings is 1. The predicted octanol–water partition coefficient (Wildman–Crippen LogP) is 1.23. The van der Waals surface area contributed by atoms with Crippen molar-refractivity contribution in [2.24, 2.45) is 5.92 Å². The number of carbonyl (C=O) groups excluding carboxylic acids is 4. The molecule has 0 bridgehead atoms. The summed E-state index contributed by atoms with van der Waals surface area (Å²) in [5, 5.41) is 8.13. The Kier molecular flexibility index (Phi) is 10.7. The molecule has 0 aromatic heterocycles. The number of ketones is 1. The van der Waals surface area contributed by atoms with Crippen molar-refractivity contribution in [3.8, 4) is 5.75 Å². The molecule has 0 spiro atoms. The van der Waals surface area contributed by atoms with Crippen molar-refractivity contribution < 1.29 is 42.2 Å². The first-order valence-electron chi connectivity index (χ1n) is 14.8. The lowest BCUT2D eigenvalue weighted by molar-refractivity contribution is -0.134. The summed E-state index contributed by atoms with van der Waals surface area (Å²) in [6.45, 7) is 5.71. The van der Waals surface area contributed by atoms with Crippen LogP contribution in [-0.2, 0) is 35.1 Å². The molecule has 0 unspecified atom stereocenters. The van der Waals surface area contributed by atoms with Crippen molar-refractivity contribution in [2.45, 2.75) is 75.6 Å². The van der Waals surface area contributed by atoms with Gasteiger partial charge < -0.3 is 30.2 Å². The van der Waals surface area contributed by atoms with Gasteiger partial charge in [0.1, 0.15) is 23.4 Å². The topological polar surface area (TPSA) is 139 Å². The molecule has 3 amide bonds. The summed E-state index contributed by atoms with van der Waals surface area (Å²) in [5.74, 6) is -4.56. The Morgan fingerprint density at radius 3 is 2.28 bits per heavy atom. The molecule has 43 heavy (non-hydrogen) atoms. The molecule has 3 fully saturated rings. The van der Waals surface area contributed by atoms with Gasteiger partial charge in [-0.05, 0) is 50.3 Å². The molecule has 238 valence electrons. The average Bonchev–Trinajstić information content (AvgIpc) is 3.64. The minimum atomic E-state index is -2.80. The van der Waals surface area contributed by atoms with E-state index in [0.717, 1.165) is 0 Å². The molecular formula is C30H42F2N4O7.